The summed E-state index contributed by atoms with van der Waals surface area (Å²) in [5.74, 6) is 0.448. The van der Waals surface area contributed by atoms with Crippen LogP contribution in [0.1, 0.15) is 42.6 Å². The van der Waals surface area contributed by atoms with E-state index in [0.29, 0.717) is 18.8 Å². The van der Waals surface area contributed by atoms with Crippen LogP contribution in [-0.4, -0.2) is 51.5 Å². The Bertz CT molecular complexity index is 468. The number of H-pyrrole nitrogens is 1. The van der Waals surface area contributed by atoms with Gasteiger partial charge in [-0.15, -0.1) is 5.10 Å². The Hall–Kier alpha value is -1.92. The maximum Gasteiger partial charge on any atom is 0.291 e. The molecule has 2 N–H and O–H groups in total. The first-order valence-electron chi connectivity index (χ1n) is 5.97. The fourth-order valence-corrected chi connectivity index (χ4v) is 1.81. The highest BCUT2D eigenvalue weighted by Crippen LogP contribution is 2.10. The number of aromatic nitrogens is 3. The summed E-state index contributed by atoms with van der Waals surface area (Å²) in [5, 5.41) is 9.22. The lowest BCUT2D eigenvalue weighted by molar-refractivity contribution is -0.128. The van der Waals surface area contributed by atoms with Crippen molar-refractivity contribution in [2.75, 3.05) is 13.6 Å². The number of carbonyl (C=O) groups is 2. The van der Waals surface area contributed by atoms with E-state index >= 15 is 0 Å². The van der Waals surface area contributed by atoms with Crippen LogP contribution >= 0.6 is 0 Å². The maximum absolute atomic E-state index is 11.9. The second kappa shape index (κ2) is 4.75. The number of amides is 2. The van der Waals surface area contributed by atoms with Crippen molar-refractivity contribution in [3.05, 3.63) is 11.6 Å². The molecule has 0 radical (unpaired) electrons. The molecular formula is C11H17N5O2. The first kappa shape index (κ1) is 12.5. The zero-order valence-electron chi connectivity index (χ0n) is 10.7. The Morgan fingerprint density at radius 1 is 1.56 bits per heavy atom. The quantitative estimate of drug-likeness (QED) is 0.784. The number of likely N-dealkylation sites (tertiary alicyclic amines) is 1. The minimum absolute atomic E-state index is 0.0667. The van der Waals surface area contributed by atoms with Crippen molar-refractivity contribution in [1.29, 1.82) is 0 Å². The molecule has 1 saturated heterocycles. The average molecular weight is 251 g/mol. The number of rotatable bonds is 3. The van der Waals surface area contributed by atoms with Crippen LogP contribution < -0.4 is 5.32 Å². The fraction of sp³-hybridized carbons (Fsp3) is 0.636. The highest BCUT2D eigenvalue weighted by Gasteiger charge is 2.31. The predicted molar refractivity (Wildman–Crippen MR) is 64.0 cm³/mol. The average Bonchev–Trinajstić information content (AvgIpc) is 2.91. The van der Waals surface area contributed by atoms with Crippen LogP contribution in [0.2, 0.25) is 0 Å². The first-order chi connectivity index (χ1) is 8.49. The van der Waals surface area contributed by atoms with E-state index in [1.54, 1.807) is 11.9 Å². The normalized spacial score (nSPS) is 19.7. The summed E-state index contributed by atoms with van der Waals surface area (Å²) in [6.45, 7) is 4.57. The molecule has 0 bridgehead atoms. The molecule has 1 atom stereocenters. The van der Waals surface area contributed by atoms with Crippen LogP contribution in [0.15, 0.2) is 0 Å². The minimum atomic E-state index is -0.455. The Kier molecular flexibility index (Phi) is 3.31. The molecule has 7 heteroatoms. The van der Waals surface area contributed by atoms with Crippen LogP contribution in [-0.2, 0) is 4.79 Å². The van der Waals surface area contributed by atoms with E-state index in [4.69, 9.17) is 0 Å². The molecular weight excluding hydrogens is 234 g/mol. The predicted octanol–water partition coefficient (Wildman–Crippen LogP) is -0.111. The second-order valence-corrected chi connectivity index (χ2v) is 4.77. The number of likely N-dealkylation sites (N-methyl/N-ethyl adjacent to an activating group) is 1. The molecule has 0 aromatic carbocycles. The molecule has 1 unspecified atom stereocenters. The fourth-order valence-electron chi connectivity index (χ4n) is 1.81. The standard InChI is InChI=1S/C11H17N5O2/c1-6(2)8-13-9(15-14-8)10(17)12-7-4-5-16(3)11(7)18/h6-7H,4-5H2,1-3H3,(H,12,17)(H,13,14,15). The van der Waals surface area contributed by atoms with Gasteiger partial charge in [0.1, 0.15) is 11.9 Å². The van der Waals surface area contributed by atoms with Crippen molar-refractivity contribution < 1.29 is 9.59 Å². The summed E-state index contributed by atoms with van der Waals surface area (Å²) in [5.41, 5.74) is 0. The molecule has 1 aromatic rings. The number of nitrogens with zero attached hydrogens (tertiary/aromatic N) is 3. The Morgan fingerprint density at radius 2 is 2.28 bits per heavy atom. The zero-order chi connectivity index (χ0) is 13.3. The third-order valence-electron chi connectivity index (χ3n) is 2.99. The topological polar surface area (TPSA) is 91.0 Å². The van der Waals surface area contributed by atoms with Gasteiger partial charge in [0.2, 0.25) is 11.7 Å². The van der Waals surface area contributed by atoms with Crippen molar-refractivity contribution in [3.63, 3.8) is 0 Å². The molecule has 2 rings (SSSR count). The first-order valence-corrected chi connectivity index (χ1v) is 5.97. The van der Waals surface area contributed by atoms with Gasteiger partial charge in [-0.2, -0.15) is 0 Å². The molecule has 1 fully saturated rings. The second-order valence-electron chi connectivity index (χ2n) is 4.77. The monoisotopic (exact) mass is 251 g/mol. The van der Waals surface area contributed by atoms with E-state index in [-0.39, 0.29) is 17.6 Å². The van der Waals surface area contributed by atoms with E-state index in [2.05, 4.69) is 20.5 Å². The highest BCUT2D eigenvalue weighted by atomic mass is 16.2. The van der Waals surface area contributed by atoms with E-state index in [1.165, 1.54) is 0 Å². The molecule has 7 nitrogen and oxygen atoms in total. The minimum Gasteiger partial charge on any atom is -0.344 e. The Morgan fingerprint density at radius 3 is 2.78 bits per heavy atom. The Balaban J connectivity index is 2.01. The lowest BCUT2D eigenvalue weighted by Crippen LogP contribution is -2.41. The molecule has 1 aliphatic heterocycles. The lowest BCUT2D eigenvalue weighted by atomic mass is 10.2. The van der Waals surface area contributed by atoms with E-state index in [0.717, 1.165) is 0 Å². The highest BCUT2D eigenvalue weighted by molar-refractivity contribution is 5.95. The SMILES string of the molecule is CC(C)c1nc(C(=O)NC2CCN(C)C2=O)n[nH]1. The number of carbonyl (C=O) groups excluding carboxylic acids is 2. The summed E-state index contributed by atoms with van der Waals surface area (Å²) in [7, 11) is 1.72. The molecule has 0 spiro atoms. The molecule has 0 aliphatic carbocycles. The van der Waals surface area contributed by atoms with Crippen molar-refractivity contribution in [1.82, 2.24) is 25.4 Å². The van der Waals surface area contributed by atoms with E-state index in [9.17, 15) is 9.59 Å². The Labute approximate surface area is 105 Å². The van der Waals surface area contributed by atoms with Crippen molar-refractivity contribution in [3.8, 4) is 0 Å². The molecule has 0 saturated carbocycles. The van der Waals surface area contributed by atoms with Gasteiger partial charge >= 0.3 is 0 Å². The molecule has 18 heavy (non-hydrogen) atoms. The van der Waals surface area contributed by atoms with Gasteiger partial charge in [0.25, 0.3) is 5.91 Å². The van der Waals surface area contributed by atoms with Gasteiger partial charge in [-0.25, -0.2) is 4.98 Å². The van der Waals surface area contributed by atoms with Gasteiger partial charge in [-0.3, -0.25) is 14.7 Å². The van der Waals surface area contributed by atoms with E-state index in [1.807, 2.05) is 13.8 Å². The van der Waals surface area contributed by atoms with Crippen LogP contribution in [0.25, 0.3) is 0 Å². The molecule has 2 amide bonds. The van der Waals surface area contributed by atoms with Crippen LogP contribution in [0.3, 0.4) is 0 Å². The van der Waals surface area contributed by atoms with Gasteiger partial charge < -0.3 is 10.2 Å². The smallest absolute Gasteiger partial charge is 0.291 e. The van der Waals surface area contributed by atoms with Gasteiger partial charge in [-0.05, 0) is 6.42 Å². The summed E-state index contributed by atoms with van der Waals surface area (Å²) < 4.78 is 0. The number of hydrogen-bond donors (Lipinski definition) is 2. The summed E-state index contributed by atoms with van der Waals surface area (Å²) in [6.07, 6.45) is 0.628. The third kappa shape index (κ3) is 2.34. The van der Waals surface area contributed by atoms with Gasteiger partial charge in [-0.1, -0.05) is 13.8 Å². The zero-order valence-corrected chi connectivity index (χ0v) is 10.7. The lowest BCUT2D eigenvalue weighted by Gasteiger charge is -2.10. The van der Waals surface area contributed by atoms with Crippen molar-refractivity contribution in [2.45, 2.75) is 32.2 Å². The maximum atomic E-state index is 11.9. The molecule has 1 aromatic heterocycles. The number of nitrogens with one attached hydrogen (secondary N) is 2. The van der Waals surface area contributed by atoms with Gasteiger partial charge in [0, 0.05) is 19.5 Å². The molecule has 2 heterocycles. The number of aromatic amines is 1. The summed E-state index contributed by atoms with van der Waals surface area (Å²) >= 11 is 0. The van der Waals surface area contributed by atoms with Crippen molar-refractivity contribution >= 4 is 11.8 Å². The molecule has 98 valence electrons. The van der Waals surface area contributed by atoms with E-state index < -0.39 is 11.9 Å². The summed E-state index contributed by atoms with van der Waals surface area (Å²) in [4.78, 5) is 29.2. The van der Waals surface area contributed by atoms with Gasteiger partial charge in [0.05, 0.1) is 0 Å². The summed E-state index contributed by atoms with van der Waals surface area (Å²) in [6, 6.07) is -0.455. The van der Waals surface area contributed by atoms with Crippen LogP contribution in [0, 0.1) is 0 Å². The third-order valence-corrected chi connectivity index (χ3v) is 2.99. The van der Waals surface area contributed by atoms with Crippen LogP contribution in [0.4, 0.5) is 0 Å². The van der Waals surface area contributed by atoms with Crippen molar-refractivity contribution in [2.24, 2.45) is 0 Å². The molecule has 1 aliphatic rings. The van der Waals surface area contributed by atoms with Crippen LogP contribution in [0.5, 0.6) is 0 Å². The number of hydrogen-bond acceptors (Lipinski definition) is 4. The largest absolute Gasteiger partial charge is 0.344 e. The van der Waals surface area contributed by atoms with Gasteiger partial charge in [0.15, 0.2) is 0 Å².